The van der Waals surface area contributed by atoms with Crippen molar-refractivity contribution in [3.05, 3.63) is 47.6 Å². The SMILES string of the molecule is COC(=O)c1ccc(OC)c(OC)c1CC1(Br)C=CC=CC1. The molecule has 1 atom stereocenters. The molecule has 0 N–H and O–H groups in total. The lowest BCUT2D eigenvalue weighted by Gasteiger charge is -2.26. The van der Waals surface area contributed by atoms with Crippen molar-refractivity contribution in [2.24, 2.45) is 0 Å². The highest BCUT2D eigenvalue weighted by atomic mass is 79.9. The number of allylic oxidation sites excluding steroid dienone is 4. The van der Waals surface area contributed by atoms with Gasteiger partial charge in [0.25, 0.3) is 0 Å². The molecule has 1 aromatic carbocycles. The highest BCUT2D eigenvalue weighted by Crippen LogP contribution is 2.40. The van der Waals surface area contributed by atoms with Gasteiger partial charge in [0.2, 0.25) is 0 Å². The summed E-state index contributed by atoms with van der Waals surface area (Å²) in [6, 6.07) is 3.42. The standard InChI is InChI=1S/C17H19BrO4/c1-20-14-8-7-12(16(19)22-3)13(15(14)21-2)11-17(18)9-5-4-6-10-17/h4-9H,10-11H2,1-3H3. The predicted molar refractivity (Wildman–Crippen MR) is 89.1 cm³/mol. The molecule has 1 aliphatic rings. The molecule has 1 aliphatic carbocycles. The number of hydrogen-bond acceptors (Lipinski definition) is 4. The fourth-order valence-electron chi connectivity index (χ4n) is 2.53. The second kappa shape index (κ2) is 7.01. The number of alkyl halides is 1. The second-order valence-electron chi connectivity index (χ2n) is 5.02. The molecule has 0 saturated carbocycles. The van der Waals surface area contributed by atoms with Gasteiger partial charge in [0.15, 0.2) is 11.5 Å². The van der Waals surface area contributed by atoms with E-state index in [9.17, 15) is 4.79 Å². The Morgan fingerprint density at radius 2 is 2.00 bits per heavy atom. The third-order valence-corrected chi connectivity index (χ3v) is 4.49. The molecule has 0 aliphatic heterocycles. The number of carbonyl (C=O) groups excluding carboxylic acids is 1. The van der Waals surface area contributed by atoms with Crippen molar-refractivity contribution in [1.29, 1.82) is 0 Å². The Hall–Kier alpha value is -1.75. The smallest absolute Gasteiger partial charge is 0.338 e. The second-order valence-corrected chi connectivity index (χ2v) is 6.60. The maximum atomic E-state index is 12.1. The van der Waals surface area contributed by atoms with Crippen LogP contribution in [0.15, 0.2) is 36.4 Å². The average Bonchev–Trinajstić information content (AvgIpc) is 2.53. The van der Waals surface area contributed by atoms with E-state index in [1.54, 1.807) is 26.4 Å². The molecule has 1 unspecified atom stereocenters. The Morgan fingerprint density at radius 3 is 2.55 bits per heavy atom. The van der Waals surface area contributed by atoms with Gasteiger partial charge in [-0.3, -0.25) is 0 Å². The van der Waals surface area contributed by atoms with E-state index in [4.69, 9.17) is 14.2 Å². The first kappa shape index (κ1) is 16.6. The number of benzene rings is 1. The van der Waals surface area contributed by atoms with E-state index < -0.39 is 0 Å². The van der Waals surface area contributed by atoms with Crippen molar-refractivity contribution in [2.45, 2.75) is 17.2 Å². The minimum atomic E-state index is -0.387. The van der Waals surface area contributed by atoms with Gasteiger partial charge in [-0.05, 0) is 25.0 Å². The van der Waals surface area contributed by atoms with Crippen LogP contribution >= 0.6 is 15.9 Å². The average molecular weight is 367 g/mol. The number of carbonyl (C=O) groups is 1. The maximum Gasteiger partial charge on any atom is 0.338 e. The van der Waals surface area contributed by atoms with Crippen molar-refractivity contribution in [2.75, 3.05) is 21.3 Å². The normalized spacial score (nSPS) is 19.8. The molecular weight excluding hydrogens is 348 g/mol. The van der Waals surface area contributed by atoms with Crippen molar-refractivity contribution >= 4 is 21.9 Å². The van der Waals surface area contributed by atoms with Gasteiger partial charge in [-0.25, -0.2) is 4.79 Å². The van der Waals surface area contributed by atoms with E-state index in [1.807, 2.05) is 12.2 Å². The van der Waals surface area contributed by atoms with Crippen LogP contribution in [0.3, 0.4) is 0 Å². The summed E-state index contributed by atoms with van der Waals surface area (Å²) in [6.07, 6.45) is 9.56. The fraction of sp³-hybridized carbons (Fsp3) is 0.353. The van der Waals surface area contributed by atoms with E-state index in [1.165, 1.54) is 7.11 Å². The van der Waals surface area contributed by atoms with Gasteiger partial charge in [0, 0.05) is 5.56 Å². The molecule has 1 aromatic rings. The zero-order valence-corrected chi connectivity index (χ0v) is 14.5. The predicted octanol–water partition coefficient (Wildman–Crippen LogP) is 3.68. The molecule has 4 nitrogen and oxygen atoms in total. The number of rotatable bonds is 5. The van der Waals surface area contributed by atoms with E-state index in [0.29, 0.717) is 23.5 Å². The summed E-state index contributed by atoms with van der Waals surface area (Å²) in [5.41, 5.74) is 1.26. The lowest BCUT2D eigenvalue weighted by Crippen LogP contribution is -2.23. The van der Waals surface area contributed by atoms with Crippen molar-refractivity contribution in [3.63, 3.8) is 0 Å². The molecule has 0 aromatic heterocycles. The Balaban J connectivity index is 2.52. The third kappa shape index (κ3) is 3.35. The first-order valence-electron chi connectivity index (χ1n) is 6.90. The minimum absolute atomic E-state index is 0.260. The molecule has 2 rings (SSSR count). The summed E-state index contributed by atoms with van der Waals surface area (Å²) in [5, 5.41) is 0. The number of methoxy groups -OCH3 is 3. The molecule has 0 spiro atoms. The van der Waals surface area contributed by atoms with Crippen molar-refractivity contribution in [1.82, 2.24) is 0 Å². The largest absolute Gasteiger partial charge is 0.493 e. The van der Waals surface area contributed by atoms with Gasteiger partial charge in [-0.1, -0.05) is 40.2 Å². The quantitative estimate of drug-likeness (QED) is 0.588. The first-order valence-corrected chi connectivity index (χ1v) is 7.69. The molecule has 5 heteroatoms. The molecule has 0 fully saturated rings. The number of hydrogen-bond donors (Lipinski definition) is 0. The van der Waals surface area contributed by atoms with Crippen LogP contribution in [0.5, 0.6) is 11.5 Å². The number of ether oxygens (including phenoxy) is 3. The lowest BCUT2D eigenvalue weighted by atomic mass is 9.90. The molecule has 22 heavy (non-hydrogen) atoms. The molecule has 0 bridgehead atoms. The van der Waals surface area contributed by atoms with Crippen LogP contribution in [0, 0.1) is 0 Å². The Morgan fingerprint density at radius 1 is 1.23 bits per heavy atom. The van der Waals surface area contributed by atoms with Gasteiger partial charge in [-0.15, -0.1) is 0 Å². The van der Waals surface area contributed by atoms with Gasteiger partial charge in [-0.2, -0.15) is 0 Å². The van der Waals surface area contributed by atoms with Crippen LogP contribution in [-0.4, -0.2) is 31.6 Å². The van der Waals surface area contributed by atoms with E-state index in [0.717, 1.165) is 12.0 Å². The molecule has 0 heterocycles. The zero-order chi connectivity index (χ0) is 16.2. The van der Waals surface area contributed by atoms with Crippen LogP contribution in [0.2, 0.25) is 0 Å². The highest BCUT2D eigenvalue weighted by molar-refractivity contribution is 9.10. The maximum absolute atomic E-state index is 12.1. The van der Waals surface area contributed by atoms with E-state index >= 15 is 0 Å². The molecule has 0 saturated heterocycles. The van der Waals surface area contributed by atoms with Gasteiger partial charge >= 0.3 is 5.97 Å². The van der Waals surface area contributed by atoms with Crippen LogP contribution in [0.1, 0.15) is 22.3 Å². The highest BCUT2D eigenvalue weighted by Gasteiger charge is 2.30. The van der Waals surface area contributed by atoms with Gasteiger partial charge < -0.3 is 14.2 Å². The molecule has 118 valence electrons. The Labute approximate surface area is 138 Å². The van der Waals surface area contributed by atoms with Crippen molar-refractivity contribution in [3.8, 4) is 11.5 Å². The van der Waals surface area contributed by atoms with E-state index in [-0.39, 0.29) is 10.3 Å². The Bertz CT molecular complexity index is 621. The topological polar surface area (TPSA) is 44.8 Å². The van der Waals surface area contributed by atoms with Crippen LogP contribution in [0.25, 0.3) is 0 Å². The zero-order valence-electron chi connectivity index (χ0n) is 12.9. The van der Waals surface area contributed by atoms with E-state index in [2.05, 4.69) is 28.1 Å². The Kier molecular flexibility index (Phi) is 5.29. The summed E-state index contributed by atoms with van der Waals surface area (Å²) < 4.78 is 15.5. The summed E-state index contributed by atoms with van der Waals surface area (Å²) in [5.74, 6) is 0.770. The lowest BCUT2D eigenvalue weighted by molar-refractivity contribution is 0.0599. The third-order valence-electron chi connectivity index (χ3n) is 3.62. The summed E-state index contributed by atoms with van der Waals surface area (Å²) in [7, 11) is 4.52. The van der Waals surface area contributed by atoms with Gasteiger partial charge in [0.1, 0.15) is 0 Å². The number of halogens is 1. The number of esters is 1. The first-order chi connectivity index (χ1) is 10.5. The minimum Gasteiger partial charge on any atom is -0.493 e. The summed E-state index contributed by atoms with van der Waals surface area (Å²) in [6.45, 7) is 0. The van der Waals surface area contributed by atoms with Crippen molar-refractivity contribution < 1.29 is 19.0 Å². The molecular formula is C17H19BrO4. The molecule has 0 amide bonds. The monoisotopic (exact) mass is 366 g/mol. The van der Waals surface area contributed by atoms with Crippen LogP contribution < -0.4 is 9.47 Å². The summed E-state index contributed by atoms with van der Waals surface area (Å²) in [4.78, 5) is 12.1. The van der Waals surface area contributed by atoms with Gasteiger partial charge in [0.05, 0.1) is 31.2 Å². The fourth-order valence-corrected chi connectivity index (χ4v) is 3.15. The van der Waals surface area contributed by atoms with Crippen LogP contribution in [0.4, 0.5) is 0 Å². The summed E-state index contributed by atoms with van der Waals surface area (Å²) >= 11 is 3.76. The molecule has 0 radical (unpaired) electrons. The van der Waals surface area contributed by atoms with Crippen LogP contribution in [-0.2, 0) is 11.2 Å².